The van der Waals surface area contributed by atoms with Crippen LogP contribution < -0.4 is 4.74 Å². The lowest BCUT2D eigenvalue weighted by atomic mass is 9.93. The largest absolute Gasteiger partial charge is 0.489 e. The maximum Gasteiger partial charge on any atom is 0.348 e. The van der Waals surface area contributed by atoms with Gasteiger partial charge < -0.3 is 14.2 Å². The van der Waals surface area contributed by atoms with Crippen molar-refractivity contribution in [1.82, 2.24) is 0 Å². The third-order valence-corrected chi connectivity index (χ3v) is 5.78. The van der Waals surface area contributed by atoms with E-state index in [1.165, 1.54) is 6.08 Å². The first-order valence-electron chi connectivity index (χ1n) is 9.79. The highest BCUT2D eigenvalue weighted by Gasteiger charge is 2.46. The van der Waals surface area contributed by atoms with Gasteiger partial charge in [-0.25, -0.2) is 9.59 Å². The quantitative estimate of drug-likeness (QED) is 0.341. The van der Waals surface area contributed by atoms with Gasteiger partial charge in [0.2, 0.25) is 0 Å². The molecule has 156 valence electrons. The summed E-state index contributed by atoms with van der Waals surface area (Å²) in [5, 5.41) is 1.07. The first-order valence-corrected chi connectivity index (χ1v) is 10.5. The standard InChI is InChI=1S/C23H20Cl2O5/c24-17-8-7-16(20(25)13-17)14-28-18-6-4-5-15(11-18)12-19-21(26)29-23(30-22(19)27)9-2-1-3-10-23/h4-8,11-13H,1-3,9-10,14H2. The minimum Gasteiger partial charge on any atom is -0.489 e. The zero-order valence-corrected chi connectivity index (χ0v) is 17.7. The van der Waals surface area contributed by atoms with Crippen LogP contribution in [-0.2, 0) is 25.7 Å². The fourth-order valence-corrected chi connectivity index (χ4v) is 4.09. The van der Waals surface area contributed by atoms with Crippen LogP contribution in [0.2, 0.25) is 10.0 Å². The second-order valence-corrected chi connectivity index (χ2v) is 8.25. The van der Waals surface area contributed by atoms with Gasteiger partial charge in [-0.3, -0.25) is 0 Å². The molecule has 1 heterocycles. The van der Waals surface area contributed by atoms with Crippen molar-refractivity contribution in [3.63, 3.8) is 0 Å². The predicted molar refractivity (Wildman–Crippen MR) is 113 cm³/mol. The lowest BCUT2D eigenvalue weighted by molar-refractivity contribution is -0.244. The fourth-order valence-electron chi connectivity index (χ4n) is 3.63. The molecule has 1 aliphatic carbocycles. The van der Waals surface area contributed by atoms with E-state index in [0.717, 1.165) is 24.8 Å². The minimum absolute atomic E-state index is 0.121. The normalized spacial score (nSPS) is 18.0. The Kier molecular flexibility index (Phi) is 6.02. The first kappa shape index (κ1) is 20.8. The summed E-state index contributed by atoms with van der Waals surface area (Å²) in [6, 6.07) is 12.2. The number of hydrogen-bond acceptors (Lipinski definition) is 5. The molecule has 30 heavy (non-hydrogen) atoms. The van der Waals surface area contributed by atoms with Crippen molar-refractivity contribution >= 4 is 41.2 Å². The van der Waals surface area contributed by atoms with E-state index in [0.29, 0.717) is 34.2 Å². The zero-order valence-electron chi connectivity index (χ0n) is 16.2. The van der Waals surface area contributed by atoms with Gasteiger partial charge in [-0.2, -0.15) is 0 Å². The van der Waals surface area contributed by atoms with Crippen molar-refractivity contribution in [2.45, 2.75) is 44.5 Å². The van der Waals surface area contributed by atoms with Crippen molar-refractivity contribution in [2.24, 2.45) is 0 Å². The summed E-state index contributed by atoms with van der Waals surface area (Å²) in [6.07, 6.45) is 5.35. The molecule has 0 atom stereocenters. The van der Waals surface area contributed by atoms with E-state index < -0.39 is 17.7 Å². The second kappa shape index (κ2) is 8.70. The Morgan fingerprint density at radius 3 is 2.40 bits per heavy atom. The maximum absolute atomic E-state index is 12.5. The Morgan fingerprint density at radius 2 is 1.70 bits per heavy atom. The summed E-state index contributed by atoms with van der Waals surface area (Å²) >= 11 is 12.1. The predicted octanol–water partition coefficient (Wildman–Crippen LogP) is 5.72. The number of halogens is 2. The Labute approximate surface area is 184 Å². The van der Waals surface area contributed by atoms with Crippen molar-refractivity contribution in [2.75, 3.05) is 0 Å². The number of hydrogen-bond donors (Lipinski definition) is 0. The highest BCUT2D eigenvalue weighted by atomic mass is 35.5. The van der Waals surface area contributed by atoms with Crippen LogP contribution in [0.1, 0.15) is 43.2 Å². The van der Waals surface area contributed by atoms with Crippen LogP contribution in [0.15, 0.2) is 48.0 Å². The van der Waals surface area contributed by atoms with Gasteiger partial charge in [0, 0.05) is 28.5 Å². The molecule has 0 bridgehead atoms. The van der Waals surface area contributed by atoms with Gasteiger partial charge in [0.05, 0.1) is 0 Å². The summed E-state index contributed by atoms with van der Waals surface area (Å²) in [4.78, 5) is 25.0. The molecule has 5 nitrogen and oxygen atoms in total. The summed E-state index contributed by atoms with van der Waals surface area (Å²) < 4.78 is 16.8. The summed E-state index contributed by atoms with van der Waals surface area (Å²) in [5.41, 5.74) is 1.30. The van der Waals surface area contributed by atoms with E-state index in [-0.39, 0.29) is 12.2 Å². The molecule has 2 aliphatic rings. The van der Waals surface area contributed by atoms with Crippen LogP contribution in [0.3, 0.4) is 0 Å². The Hall–Kier alpha value is -2.50. The molecule has 1 saturated heterocycles. The average molecular weight is 447 g/mol. The second-order valence-electron chi connectivity index (χ2n) is 7.41. The molecular formula is C23H20Cl2O5. The van der Waals surface area contributed by atoms with E-state index in [1.54, 1.807) is 42.5 Å². The van der Waals surface area contributed by atoms with Gasteiger partial charge in [-0.1, -0.05) is 47.8 Å². The number of carbonyl (C=O) groups excluding carboxylic acids is 2. The zero-order chi connectivity index (χ0) is 21.1. The number of rotatable bonds is 4. The molecule has 1 spiro atoms. The van der Waals surface area contributed by atoms with Gasteiger partial charge in [0.1, 0.15) is 17.9 Å². The van der Waals surface area contributed by atoms with E-state index in [2.05, 4.69) is 0 Å². The monoisotopic (exact) mass is 446 g/mol. The Morgan fingerprint density at radius 1 is 0.967 bits per heavy atom. The molecule has 0 amide bonds. The van der Waals surface area contributed by atoms with E-state index in [1.807, 2.05) is 0 Å². The summed E-state index contributed by atoms with van der Waals surface area (Å²) in [6.45, 7) is 0.253. The van der Waals surface area contributed by atoms with Crippen molar-refractivity contribution in [3.8, 4) is 5.75 Å². The SMILES string of the molecule is O=C1OC2(CCCCC2)OC(=O)C1=Cc1cccc(OCc2ccc(Cl)cc2Cl)c1. The van der Waals surface area contributed by atoms with Crippen molar-refractivity contribution in [1.29, 1.82) is 0 Å². The summed E-state index contributed by atoms with van der Waals surface area (Å²) in [5.74, 6) is -1.82. The minimum atomic E-state index is -1.09. The number of ether oxygens (including phenoxy) is 3. The molecule has 0 N–H and O–H groups in total. The number of benzene rings is 2. The smallest absolute Gasteiger partial charge is 0.348 e. The number of esters is 2. The van der Waals surface area contributed by atoms with Gasteiger partial charge in [0.15, 0.2) is 0 Å². The molecule has 0 unspecified atom stereocenters. The van der Waals surface area contributed by atoms with Crippen LogP contribution in [-0.4, -0.2) is 17.7 Å². The molecular weight excluding hydrogens is 427 g/mol. The van der Waals surface area contributed by atoms with Gasteiger partial charge in [0.25, 0.3) is 5.79 Å². The van der Waals surface area contributed by atoms with Crippen LogP contribution in [0, 0.1) is 0 Å². The Bertz CT molecular complexity index is 986. The molecule has 2 fully saturated rings. The van der Waals surface area contributed by atoms with Crippen LogP contribution >= 0.6 is 23.2 Å². The van der Waals surface area contributed by atoms with Gasteiger partial charge in [-0.05, 0) is 48.7 Å². The maximum atomic E-state index is 12.5. The van der Waals surface area contributed by atoms with E-state index in [9.17, 15) is 9.59 Å². The molecule has 4 rings (SSSR count). The Balaban J connectivity index is 1.47. The highest BCUT2D eigenvalue weighted by molar-refractivity contribution is 6.35. The molecule has 1 saturated carbocycles. The van der Waals surface area contributed by atoms with Crippen LogP contribution in [0.25, 0.3) is 6.08 Å². The molecule has 1 aliphatic heterocycles. The van der Waals surface area contributed by atoms with E-state index >= 15 is 0 Å². The average Bonchev–Trinajstić information content (AvgIpc) is 2.71. The van der Waals surface area contributed by atoms with Crippen LogP contribution in [0.4, 0.5) is 0 Å². The third-order valence-electron chi connectivity index (χ3n) is 5.19. The fraction of sp³-hybridized carbons (Fsp3) is 0.304. The van der Waals surface area contributed by atoms with E-state index in [4.69, 9.17) is 37.4 Å². The third kappa shape index (κ3) is 4.63. The summed E-state index contributed by atoms with van der Waals surface area (Å²) in [7, 11) is 0. The molecule has 7 heteroatoms. The molecule has 2 aromatic rings. The van der Waals surface area contributed by atoms with Crippen molar-refractivity contribution in [3.05, 3.63) is 69.2 Å². The number of carbonyl (C=O) groups is 2. The topological polar surface area (TPSA) is 61.8 Å². The molecule has 2 aromatic carbocycles. The van der Waals surface area contributed by atoms with Crippen molar-refractivity contribution < 1.29 is 23.8 Å². The lowest BCUT2D eigenvalue weighted by Crippen LogP contribution is -2.47. The molecule has 0 aromatic heterocycles. The lowest BCUT2D eigenvalue weighted by Gasteiger charge is -2.38. The molecule has 0 radical (unpaired) electrons. The first-order chi connectivity index (χ1) is 14.4. The van der Waals surface area contributed by atoms with Gasteiger partial charge >= 0.3 is 11.9 Å². The highest BCUT2D eigenvalue weighted by Crippen LogP contribution is 2.37. The van der Waals surface area contributed by atoms with Crippen LogP contribution in [0.5, 0.6) is 5.75 Å². The van der Waals surface area contributed by atoms with Gasteiger partial charge in [-0.15, -0.1) is 0 Å².